The van der Waals surface area contributed by atoms with Gasteiger partial charge in [0.1, 0.15) is 6.54 Å². The van der Waals surface area contributed by atoms with E-state index in [9.17, 15) is 14.4 Å². The van der Waals surface area contributed by atoms with E-state index in [1.807, 2.05) is 31.2 Å². The van der Waals surface area contributed by atoms with E-state index in [4.69, 9.17) is 0 Å². The Balaban J connectivity index is 1.42. The van der Waals surface area contributed by atoms with Crippen molar-refractivity contribution in [1.82, 2.24) is 14.5 Å². The Hall–Kier alpha value is -3.55. The minimum absolute atomic E-state index is 0.0733. The van der Waals surface area contributed by atoms with Crippen molar-refractivity contribution in [3.8, 4) is 0 Å². The monoisotopic (exact) mass is 393 g/mol. The zero-order valence-electron chi connectivity index (χ0n) is 16.1. The number of urea groups is 1. The van der Waals surface area contributed by atoms with Gasteiger partial charge in [-0.25, -0.2) is 9.59 Å². The normalized spacial score (nSPS) is 13.3. The Kier molecular flexibility index (Phi) is 5.07. The number of nitrogens with zero attached hydrogens (tertiary/aromatic N) is 2. The van der Waals surface area contributed by atoms with E-state index in [0.29, 0.717) is 17.9 Å². The lowest BCUT2D eigenvalue weighted by Crippen LogP contribution is -2.30. The fraction of sp³-hybridized carbons (Fsp3) is 0.286. The minimum Gasteiger partial charge on any atom is -0.335 e. The SMILES string of the molecule is CCn1c(=O)n(CC(=O)Nc2ccc(NC(=O)NC3CC3)cc2)c2ccccc21. The van der Waals surface area contributed by atoms with Gasteiger partial charge in [-0.05, 0) is 56.2 Å². The summed E-state index contributed by atoms with van der Waals surface area (Å²) < 4.78 is 3.13. The van der Waals surface area contributed by atoms with Gasteiger partial charge in [0.2, 0.25) is 5.91 Å². The van der Waals surface area contributed by atoms with Crippen LogP contribution in [0.2, 0.25) is 0 Å². The average Bonchev–Trinajstić information content (AvgIpc) is 3.48. The van der Waals surface area contributed by atoms with Crippen LogP contribution < -0.4 is 21.6 Å². The molecule has 1 saturated carbocycles. The number of para-hydroxylation sites is 2. The number of imidazole rings is 1. The highest BCUT2D eigenvalue weighted by Crippen LogP contribution is 2.19. The number of rotatable bonds is 6. The molecular weight excluding hydrogens is 370 g/mol. The molecule has 1 aliphatic carbocycles. The lowest BCUT2D eigenvalue weighted by molar-refractivity contribution is -0.116. The number of benzene rings is 2. The highest BCUT2D eigenvalue weighted by molar-refractivity contribution is 5.93. The number of nitrogens with one attached hydrogen (secondary N) is 3. The zero-order valence-corrected chi connectivity index (χ0v) is 16.1. The van der Waals surface area contributed by atoms with Crippen LogP contribution in [0.4, 0.5) is 16.2 Å². The second-order valence-electron chi connectivity index (χ2n) is 7.10. The Morgan fingerprint density at radius 1 is 0.931 bits per heavy atom. The van der Waals surface area contributed by atoms with Crippen LogP contribution in [0, 0.1) is 0 Å². The highest BCUT2D eigenvalue weighted by Gasteiger charge is 2.23. The fourth-order valence-electron chi connectivity index (χ4n) is 3.29. The first-order valence-electron chi connectivity index (χ1n) is 9.70. The number of anilines is 2. The molecule has 0 bridgehead atoms. The first-order chi connectivity index (χ1) is 14.0. The Labute approximate surface area is 167 Å². The summed E-state index contributed by atoms with van der Waals surface area (Å²) in [5.41, 5.74) is 2.58. The van der Waals surface area contributed by atoms with Gasteiger partial charge in [0, 0.05) is 24.0 Å². The zero-order chi connectivity index (χ0) is 20.4. The van der Waals surface area contributed by atoms with Gasteiger partial charge < -0.3 is 16.0 Å². The van der Waals surface area contributed by atoms with E-state index in [0.717, 1.165) is 23.9 Å². The number of hydrogen-bond acceptors (Lipinski definition) is 3. The molecule has 150 valence electrons. The first kappa shape index (κ1) is 18.8. The van der Waals surface area contributed by atoms with Crippen LogP contribution >= 0.6 is 0 Å². The maximum absolute atomic E-state index is 12.6. The molecule has 0 spiro atoms. The summed E-state index contributed by atoms with van der Waals surface area (Å²) in [6.45, 7) is 2.37. The van der Waals surface area contributed by atoms with E-state index in [-0.39, 0.29) is 30.2 Å². The molecule has 8 nitrogen and oxygen atoms in total. The lowest BCUT2D eigenvalue weighted by Gasteiger charge is -2.09. The molecule has 0 radical (unpaired) electrons. The summed E-state index contributed by atoms with van der Waals surface area (Å²) in [4.78, 5) is 36.9. The van der Waals surface area contributed by atoms with Crippen molar-refractivity contribution in [3.63, 3.8) is 0 Å². The summed E-state index contributed by atoms with van der Waals surface area (Å²) in [5.74, 6) is -0.293. The third kappa shape index (κ3) is 4.16. The molecule has 1 fully saturated rings. The summed E-state index contributed by atoms with van der Waals surface area (Å²) in [6.07, 6.45) is 2.05. The lowest BCUT2D eigenvalue weighted by atomic mass is 10.2. The van der Waals surface area contributed by atoms with Crippen LogP contribution in [0.15, 0.2) is 53.3 Å². The van der Waals surface area contributed by atoms with Crippen LogP contribution in [0.3, 0.4) is 0 Å². The van der Waals surface area contributed by atoms with Crippen molar-refractivity contribution in [3.05, 3.63) is 59.0 Å². The van der Waals surface area contributed by atoms with E-state index in [2.05, 4.69) is 16.0 Å². The molecule has 0 atom stereocenters. The number of aromatic nitrogens is 2. The van der Waals surface area contributed by atoms with Crippen molar-refractivity contribution < 1.29 is 9.59 Å². The molecule has 3 amide bonds. The standard InChI is InChI=1S/C21H23N5O3/c1-2-25-17-5-3-4-6-18(17)26(21(25)29)13-19(27)22-14-7-9-15(10-8-14)23-20(28)24-16-11-12-16/h3-10,16H,2,11-13H2,1H3,(H,22,27)(H2,23,24,28). The second kappa shape index (κ2) is 7.83. The van der Waals surface area contributed by atoms with Gasteiger partial charge in [-0.15, -0.1) is 0 Å². The smallest absolute Gasteiger partial charge is 0.329 e. The van der Waals surface area contributed by atoms with Gasteiger partial charge in [0.15, 0.2) is 0 Å². The third-order valence-electron chi connectivity index (χ3n) is 4.88. The fourth-order valence-corrected chi connectivity index (χ4v) is 3.29. The molecular formula is C21H23N5O3. The van der Waals surface area contributed by atoms with Crippen molar-refractivity contribution in [2.45, 2.75) is 38.9 Å². The molecule has 0 aliphatic heterocycles. The van der Waals surface area contributed by atoms with Crippen LogP contribution in [0.25, 0.3) is 11.0 Å². The summed E-state index contributed by atoms with van der Waals surface area (Å²) in [7, 11) is 0. The number of hydrogen-bond donors (Lipinski definition) is 3. The molecule has 3 aromatic rings. The van der Waals surface area contributed by atoms with Crippen molar-refractivity contribution in [1.29, 1.82) is 0 Å². The number of carbonyl (C=O) groups excluding carboxylic acids is 2. The van der Waals surface area contributed by atoms with Gasteiger partial charge >= 0.3 is 11.7 Å². The minimum atomic E-state index is -0.293. The number of carbonyl (C=O) groups is 2. The molecule has 8 heteroatoms. The van der Waals surface area contributed by atoms with E-state index >= 15 is 0 Å². The van der Waals surface area contributed by atoms with Gasteiger partial charge in [-0.1, -0.05) is 12.1 Å². The van der Waals surface area contributed by atoms with E-state index in [1.165, 1.54) is 4.57 Å². The average molecular weight is 393 g/mol. The topological polar surface area (TPSA) is 97.2 Å². The van der Waals surface area contributed by atoms with Crippen molar-refractivity contribution in [2.75, 3.05) is 10.6 Å². The van der Waals surface area contributed by atoms with Gasteiger partial charge in [-0.3, -0.25) is 13.9 Å². The first-order valence-corrected chi connectivity index (χ1v) is 9.70. The molecule has 4 rings (SSSR count). The Bertz CT molecular complexity index is 1110. The van der Waals surface area contributed by atoms with Gasteiger partial charge in [0.05, 0.1) is 11.0 Å². The van der Waals surface area contributed by atoms with Crippen molar-refractivity contribution >= 4 is 34.3 Å². The van der Waals surface area contributed by atoms with Crippen molar-refractivity contribution in [2.24, 2.45) is 0 Å². The van der Waals surface area contributed by atoms with Gasteiger partial charge in [0.25, 0.3) is 0 Å². The van der Waals surface area contributed by atoms with Crippen LogP contribution in [-0.2, 0) is 17.9 Å². The summed E-state index contributed by atoms with van der Waals surface area (Å²) in [5, 5.41) is 8.40. The molecule has 1 aliphatic rings. The van der Waals surface area contributed by atoms with Crippen LogP contribution in [-0.4, -0.2) is 27.1 Å². The van der Waals surface area contributed by atoms with E-state index in [1.54, 1.807) is 28.8 Å². The van der Waals surface area contributed by atoms with E-state index < -0.39 is 0 Å². The number of aryl methyl sites for hydroxylation is 1. The van der Waals surface area contributed by atoms with Gasteiger partial charge in [-0.2, -0.15) is 0 Å². The molecule has 0 unspecified atom stereocenters. The molecule has 1 aromatic heterocycles. The number of fused-ring (bicyclic) bond motifs is 1. The summed E-state index contributed by atoms with van der Waals surface area (Å²) >= 11 is 0. The maximum Gasteiger partial charge on any atom is 0.329 e. The third-order valence-corrected chi connectivity index (χ3v) is 4.88. The predicted octanol–water partition coefficient (Wildman–Crippen LogP) is 2.75. The second-order valence-corrected chi connectivity index (χ2v) is 7.10. The Morgan fingerprint density at radius 3 is 2.10 bits per heavy atom. The number of amides is 3. The molecule has 0 saturated heterocycles. The predicted molar refractivity (Wildman–Crippen MR) is 112 cm³/mol. The molecule has 3 N–H and O–H groups in total. The van der Waals surface area contributed by atoms with Crippen LogP contribution in [0.5, 0.6) is 0 Å². The maximum atomic E-state index is 12.6. The largest absolute Gasteiger partial charge is 0.335 e. The molecule has 2 aromatic carbocycles. The Morgan fingerprint density at radius 2 is 1.52 bits per heavy atom. The molecule has 29 heavy (non-hydrogen) atoms. The molecule has 1 heterocycles. The quantitative estimate of drug-likeness (QED) is 0.601. The highest BCUT2D eigenvalue weighted by atomic mass is 16.2. The summed E-state index contributed by atoms with van der Waals surface area (Å²) in [6, 6.07) is 14.4. The van der Waals surface area contributed by atoms with Crippen LogP contribution in [0.1, 0.15) is 19.8 Å².